The number of nitrogens with two attached hydrogens (primary N) is 1. The molecule has 55 heavy (non-hydrogen) atoms. The van der Waals surface area contributed by atoms with E-state index in [2.05, 4.69) is 45.1 Å². The fourth-order valence-corrected chi connectivity index (χ4v) is 9.31. The van der Waals surface area contributed by atoms with Crippen LogP contribution in [-0.4, -0.2) is 80.8 Å². The largest absolute Gasteiger partial charge is 0.453 e. The third-order valence-corrected chi connectivity index (χ3v) is 12.6. The van der Waals surface area contributed by atoms with Crippen molar-refractivity contribution in [1.82, 2.24) is 30.4 Å². The van der Waals surface area contributed by atoms with Crippen molar-refractivity contribution in [1.29, 1.82) is 0 Å². The summed E-state index contributed by atoms with van der Waals surface area (Å²) in [7, 11) is 1.32. The molecule has 3 aliphatic carbocycles. The van der Waals surface area contributed by atoms with Gasteiger partial charge < -0.3 is 35.7 Å². The lowest BCUT2D eigenvalue weighted by Crippen LogP contribution is -2.56. The van der Waals surface area contributed by atoms with Crippen LogP contribution in [-0.2, 0) is 14.3 Å². The third-order valence-electron chi connectivity index (χ3n) is 12.6. The van der Waals surface area contributed by atoms with Gasteiger partial charge in [0.25, 0.3) is 0 Å². The number of nitrogens with zero attached hydrogens (tertiary/aromatic N) is 3. The van der Waals surface area contributed by atoms with Crippen molar-refractivity contribution in [3.63, 3.8) is 0 Å². The first kappa shape index (κ1) is 36.5. The molecule has 5 N–H and O–H groups in total. The van der Waals surface area contributed by atoms with Crippen molar-refractivity contribution in [3.8, 4) is 11.8 Å². The summed E-state index contributed by atoms with van der Waals surface area (Å²) in [6.45, 7) is 14.4. The van der Waals surface area contributed by atoms with Crippen LogP contribution in [0.2, 0.25) is 0 Å². The number of carbonyl (C=O) groups is 3. The molecule has 2 aromatic carbocycles. The number of H-pyrrole nitrogens is 1. The Labute approximate surface area is 322 Å². The number of nitrogens with one attached hydrogen (secondary N) is 3. The Hall–Kier alpha value is -5.44. The van der Waals surface area contributed by atoms with Crippen LogP contribution in [0.5, 0.6) is 0 Å². The van der Waals surface area contributed by atoms with Gasteiger partial charge in [-0.05, 0) is 111 Å². The van der Waals surface area contributed by atoms with E-state index in [9.17, 15) is 14.4 Å². The van der Waals surface area contributed by atoms with Gasteiger partial charge >= 0.3 is 12.2 Å². The number of hydrogen-bond acceptors (Lipinski definition) is 8. The number of hydrogen-bond donors (Lipinski definition) is 4. The lowest BCUT2D eigenvalue weighted by molar-refractivity contribution is -0.137. The highest BCUT2D eigenvalue weighted by Crippen LogP contribution is 2.56. The number of piperidine rings is 1. The molecule has 12 heteroatoms. The van der Waals surface area contributed by atoms with Crippen LogP contribution in [0.4, 0.5) is 9.59 Å². The highest BCUT2D eigenvalue weighted by Gasteiger charge is 2.70. The van der Waals surface area contributed by atoms with Crippen LogP contribution in [0.3, 0.4) is 0 Å². The minimum atomic E-state index is -0.907. The number of fused-ring (bicyclic) bond motifs is 3. The Morgan fingerprint density at radius 3 is 2.51 bits per heavy atom. The number of likely N-dealkylation sites (tertiary alicyclic amines) is 2. The van der Waals surface area contributed by atoms with Crippen LogP contribution in [0.15, 0.2) is 60.9 Å². The van der Waals surface area contributed by atoms with E-state index in [-0.39, 0.29) is 48.0 Å². The molecule has 0 spiro atoms. The Morgan fingerprint density at radius 1 is 1.05 bits per heavy atom. The molecule has 3 heterocycles. The summed E-state index contributed by atoms with van der Waals surface area (Å²) >= 11 is 0. The normalized spacial score (nSPS) is 30.4. The fraction of sp³-hybridized carbons (Fsp3) is 0.488. The van der Waals surface area contributed by atoms with Gasteiger partial charge in [-0.1, -0.05) is 50.1 Å². The third kappa shape index (κ3) is 6.57. The second-order valence-electron chi connectivity index (χ2n) is 17.2. The maximum atomic E-state index is 13.9. The summed E-state index contributed by atoms with van der Waals surface area (Å²) < 4.78 is 10.6. The van der Waals surface area contributed by atoms with Crippen molar-refractivity contribution in [2.24, 2.45) is 29.4 Å². The maximum absolute atomic E-state index is 13.9. The topological polar surface area (TPSA) is 155 Å². The quantitative estimate of drug-likeness (QED) is 0.175. The molecular formula is C43H51N7O5. The highest BCUT2D eigenvalue weighted by atomic mass is 16.6. The van der Waals surface area contributed by atoms with Gasteiger partial charge in [-0.3, -0.25) is 9.69 Å². The average molecular weight is 746 g/mol. The molecule has 8 rings (SSSR count). The van der Waals surface area contributed by atoms with E-state index in [0.717, 1.165) is 53.2 Å². The number of benzene rings is 2. The molecule has 0 radical (unpaired) electrons. The molecule has 2 unspecified atom stereocenters. The first-order chi connectivity index (χ1) is 26.2. The number of methoxy groups -OCH3 is 1. The lowest BCUT2D eigenvalue weighted by Gasteiger charge is -2.39. The van der Waals surface area contributed by atoms with Gasteiger partial charge in [0.1, 0.15) is 22.7 Å². The van der Waals surface area contributed by atoms with Gasteiger partial charge in [0, 0.05) is 30.4 Å². The highest BCUT2D eigenvalue weighted by molar-refractivity contribution is 5.95. The van der Waals surface area contributed by atoms with E-state index >= 15 is 0 Å². The van der Waals surface area contributed by atoms with Crippen molar-refractivity contribution in [2.45, 2.75) is 95.6 Å². The number of imidazole rings is 1. The standard InChI is InChI=1S/C43H51N7O5/c1-23-14-31-19-36(50(37(23)31)41(53)55-42(4,5)6)38-46-20-32(47-38)13-9-26-8-10-28-16-29(12-11-27(28)15-26)34(44)22-45-21-33-17-30-18-35(30)49(33)39(51)43(24(2)25(43)3)48-40(52)54-7/h8,10-12,15-16,20,22,24-25,30-31,33,35-37,45H,1,14,17-19,21,44H2,2-7H3,(H,46,47)(H,48,52)/b34-22-/t24-,25?,30-,31+,33-,35+,36-,37+,43?/m0/s1. The van der Waals surface area contributed by atoms with E-state index in [1.807, 2.05) is 76.1 Å². The van der Waals surface area contributed by atoms with E-state index in [1.165, 1.54) is 7.11 Å². The van der Waals surface area contributed by atoms with Gasteiger partial charge in [0.15, 0.2) is 0 Å². The minimum absolute atomic E-state index is 0.00581. The SMILES string of the molecule is C=C1C[C@@H]2C[C@@H](c3ncc(C#Cc4ccc5cc(/C(N)=C/NC[C@@H]6C[C@H]7C[C@H]7N6C(=O)C6(NC(=O)OC)C(C)[C@@H]6C)ccc5c4)[nH]3)N(C(=O)OC(C)(C)C)[C@H]12. The number of aromatic nitrogens is 2. The van der Waals surface area contributed by atoms with E-state index < -0.39 is 17.2 Å². The van der Waals surface area contributed by atoms with Gasteiger partial charge in [-0.15, -0.1) is 0 Å². The number of carbonyl (C=O) groups excluding carboxylic acids is 3. The summed E-state index contributed by atoms with van der Waals surface area (Å²) in [6, 6.07) is 12.2. The predicted molar refractivity (Wildman–Crippen MR) is 209 cm³/mol. The minimum Gasteiger partial charge on any atom is -0.453 e. The maximum Gasteiger partial charge on any atom is 0.411 e. The fourth-order valence-electron chi connectivity index (χ4n) is 9.31. The first-order valence-electron chi connectivity index (χ1n) is 19.4. The number of alkyl carbamates (subject to hydrolysis) is 1. The summed E-state index contributed by atoms with van der Waals surface area (Å²) in [5.74, 6) is 8.12. The first-order valence-corrected chi connectivity index (χ1v) is 19.4. The number of aromatic amines is 1. The summed E-state index contributed by atoms with van der Waals surface area (Å²) in [6.07, 6.45) is 6.30. The van der Waals surface area contributed by atoms with Crippen molar-refractivity contribution in [2.75, 3.05) is 13.7 Å². The smallest absolute Gasteiger partial charge is 0.411 e. The molecular weight excluding hydrogens is 695 g/mol. The summed E-state index contributed by atoms with van der Waals surface area (Å²) in [4.78, 5) is 51.1. The van der Waals surface area contributed by atoms with Gasteiger partial charge in [-0.2, -0.15) is 0 Å². The molecule has 1 aromatic heterocycles. The zero-order valence-corrected chi connectivity index (χ0v) is 32.4. The molecule has 2 aliphatic heterocycles. The van der Waals surface area contributed by atoms with Crippen LogP contribution in [0.1, 0.15) is 89.0 Å². The number of rotatable bonds is 7. The Balaban J connectivity index is 0.906. The van der Waals surface area contributed by atoms with Crippen molar-refractivity contribution < 1.29 is 23.9 Å². The second-order valence-corrected chi connectivity index (χ2v) is 17.2. The monoisotopic (exact) mass is 745 g/mol. The summed E-state index contributed by atoms with van der Waals surface area (Å²) in [5, 5.41) is 8.33. The molecule has 288 valence electrons. The molecule has 3 amide bonds. The van der Waals surface area contributed by atoms with Crippen LogP contribution < -0.4 is 16.4 Å². The van der Waals surface area contributed by atoms with Crippen LogP contribution in [0, 0.1) is 35.5 Å². The molecule has 9 atom stereocenters. The predicted octanol–water partition coefficient (Wildman–Crippen LogP) is 5.81. The van der Waals surface area contributed by atoms with Crippen LogP contribution >= 0.6 is 0 Å². The molecule has 5 fully saturated rings. The molecule has 2 saturated heterocycles. The second kappa shape index (κ2) is 13.4. The van der Waals surface area contributed by atoms with Gasteiger partial charge in [-0.25, -0.2) is 14.6 Å². The van der Waals surface area contributed by atoms with Crippen molar-refractivity contribution in [3.05, 3.63) is 83.6 Å². The molecule has 5 aliphatic rings. The van der Waals surface area contributed by atoms with E-state index in [4.69, 9.17) is 15.2 Å². The van der Waals surface area contributed by atoms with Crippen LogP contribution in [0.25, 0.3) is 16.5 Å². The Morgan fingerprint density at radius 2 is 1.80 bits per heavy atom. The zero-order chi connectivity index (χ0) is 39.0. The number of ether oxygens (including phenoxy) is 2. The van der Waals surface area contributed by atoms with E-state index in [1.54, 1.807) is 11.1 Å². The number of amides is 3. The molecule has 0 bridgehead atoms. The van der Waals surface area contributed by atoms with Gasteiger partial charge in [0.2, 0.25) is 5.91 Å². The van der Waals surface area contributed by atoms with Crippen molar-refractivity contribution >= 4 is 34.6 Å². The van der Waals surface area contributed by atoms with E-state index in [0.29, 0.717) is 35.6 Å². The Kier molecular flexibility index (Phi) is 8.90. The lowest BCUT2D eigenvalue weighted by atomic mass is 9.76. The Bertz CT molecular complexity index is 2170. The zero-order valence-electron chi connectivity index (χ0n) is 32.4. The van der Waals surface area contributed by atoms with Gasteiger partial charge in [0.05, 0.1) is 31.1 Å². The molecule has 3 saturated carbocycles. The molecule has 3 aromatic rings. The molecule has 12 nitrogen and oxygen atoms in total. The summed E-state index contributed by atoms with van der Waals surface area (Å²) in [5.41, 5.74) is 9.12. The average Bonchev–Trinajstić information content (AvgIpc) is 3.72.